The Balaban J connectivity index is 2.64. The second kappa shape index (κ2) is 4.70. The summed E-state index contributed by atoms with van der Waals surface area (Å²) in [6.45, 7) is 10.8. The molecule has 0 aromatic heterocycles. The van der Waals surface area contributed by atoms with Gasteiger partial charge < -0.3 is 9.26 Å². The van der Waals surface area contributed by atoms with Crippen LogP contribution in [0.25, 0.3) is 0 Å². The van der Waals surface area contributed by atoms with Crippen molar-refractivity contribution in [1.82, 2.24) is 0 Å². The summed E-state index contributed by atoms with van der Waals surface area (Å²) in [4.78, 5) is 16.0. The second-order valence-electron chi connectivity index (χ2n) is 5.88. The summed E-state index contributed by atoms with van der Waals surface area (Å²) in [6, 6.07) is 0. The van der Waals surface area contributed by atoms with Gasteiger partial charge in [0, 0.05) is 0 Å². The van der Waals surface area contributed by atoms with Crippen molar-refractivity contribution in [3.8, 4) is 0 Å². The normalized spacial score (nSPS) is 25.4. The first-order valence-corrected chi connectivity index (χ1v) is 8.84. The molecule has 97 valence electrons. The minimum Gasteiger partial charge on any atom is -0.412 e. The van der Waals surface area contributed by atoms with Crippen LogP contribution in [0.1, 0.15) is 27.2 Å². The molecule has 6 heteroatoms. The molecule has 1 radical (unpaired) electrons. The summed E-state index contributed by atoms with van der Waals surface area (Å²) in [5.74, 6) is 0. The quantitative estimate of drug-likeness (QED) is 0.742. The predicted octanol–water partition coefficient (Wildman–Crippen LogP) is 2.83. The SMILES string of the molecule is CC(C)(C)[Si](C)(C)OCC1([C]=O)CC(Cl)=NO1. The highest BCUT2D eigenvalue weighted by molar-refractivity contribution is 6.74. The van der Waals surface area contributed by atoms with Gasteiger partial charge in [0.1, 0.15) is 5.17 Å². The van der Waals surface area contributed by atoms with E-state index in [1.807, 2.05) is 6.29 Å². The van der Waals surface area contributed by atoms with Crippen molar-refractivity contribution in [1.29, 1.82) is 0 Å². The Hall–Kier alpha value is -0.393. The summed E-state index contributed by atoms with van der Waals surface area (Å²) in [6.07, 6.45) is 2.10. The Morgan fingerprint density at radius 3 is 2.53 bits per heavy atom. The molecule has 0 spiro atoms. The summed E-state index contributed by atoms with van der Waals surface area (Å²) < 4.78 is 5.94. The van der Waals surface area contributed by atoms with Gasteiger partial charge in [-0.2, -0.15) is 0 Å². The Morgan fingerprint density at radius 1 is 1.59 bits per heavy atom. The topological polar surface area (TPSA) is 47.9 Å². The molecule has 0 fully saturated rings. The van der Waals surface area contributed by atoms with Crippen LogP contribution in [-0.2, 0) is 14.1 Å². The minimum atomic E-state index is -1.91. The molecule has 0 aromatic carbocycles. The molecule has 0 bridgehead atoms. The molecule has 4 nitrogen and oxygen atoms in total. The van der Waals surface area contributed by atoms with Gasteiger partial charge in [0.2, 0.25) is 5.60 Å². The number of carbonyl (C=O) groups excluding carboxylic acids is 1. The van der Waals surface area contributed by atoms with E-state index < -0.39 is 13.9 Å². The molecule has 1 aliphatic rings. The van der Waals surface area contributed by atoms with Crippen molar-refractivity contribution in [2.45, 2.75) is 50.9 Å². The lowest BCUT2D eigenvalue weighted by Gasteiger charge is -2.37. The molecule has 0 aliphatic carbocycles. The highest BCUT2D eigenvalue weighted by Gasteiger charge is 2.45. The van der Waals surface area contributed by atoms with Crippen LogP contribution in [0.2, 0.25) is 18.1 Å². The van der Waals surface area contributed by atoms with E-state index in [4.69, 9.17) is 20.9 Å². The van der Waals surface area contributed by atoms with Crippen molar-refractivity contribution in [2.24, 2.45) is 5.16 Å². The van der Waals surface area contributed by atoms with E-state index in [1.165, 1.54) is 0 Å². The van der Waals surface area contributed by atoms with Gasteiger partial charge in [0.25, 0.3) is 6.29 Å². The molecule has 0 aromatic rings. The maximum absolute atomic E-state index is 11.0. The van der Waals surface area contributed by atoms with Crippen molar-refractivity contribution in [2.75, 3.05) is 6.61 Å². The van der Waals surface area contributed by atoms with E-state index in [1.54, 1.807) is 0 Å². The fraction of sp³-hybridized carbons (Fsp3) is 0.818. The average Bonchev–Trinajstić information content (AvgIpc) is 2.57. The molecular formula is C11H19ClNO3Si. The van der Waals surface area contributed by atoms with Crippen LogP contribution in [0.3, 0.4) is 0 Å². The van der Waals surface area contributed by atoms with Gasteiger partial charge >= 0.3 is 0 Å². The van der Waals surface area contributed by atoms with Gasteiger partial charge in [0.05, 0.1) is 13.0 Å². The Bertz CT molecular complexity index is 338. The maximum Gasteiger partial charge on any atom is 0.251 e. The van der Waals surface area contributed by atoms with Gasteiger partial charge in [-0.05, 0) is 18.1 Å². The number of oxime groups is 1. The number of rotatable bonds is 4. The van der Waals surface area contributed by atoms with E-state index in [2.05, 4.69) is 39.0 Å². The summed E-state index contributed by atoms with van der Waals surface area (Å²) >= 11 is 5.72. The van der Waals surface area contributed by atoms with Gasteiger partial charge in [-0.25, -0.2) is 0 Å². The smallest absolute Gasteiger partial charge is 0.251 e. The van der Waals surface area contributed by atoms with E-state index in [-0.39, 0.29) is 23.2 Å². The largest absolute Gasteiger partial charge is 0.412 e. The third-order valence-electron chi connectivity index (χ3n) is 3.41. The molecule has 1 aliphatic heterocycles. The number of nitrogens with zero attached hydrogens (tertiary/aromatic N) is 1. The Morgan fingerprint density at radius 2 is 2.18 bits per heavy atom. The zero-order valence-corrected chi connectivity index (χ0v) is 12.7. The second-order valence-corrected chi connectivity index (χ2v) is 11.1. The Labute approximate surface area is 108 Å². The molecular weight excluding hydrogens is 258 g/mol. The third-order valence-corrected chi connectivity index (χ3v) is 8.09. The zero-order chi connectivity index (χ0) is 13.3. The van der Waals surface area contributed by atoms with E-state index in [9.17, 15) is 4.79 Å². The fourth-order valence-corrected chi connectivity index (χ4v) is 2.39. The van der Waals surface area contributed by atoms with Gasteiger partial charge in [-0.15, -0.1) is 0 Å². The lowest BCUT2D eigenvalue weighted by molar-refractivity contribution is -0.00328. The van der Waals surface area contributed by atoms with Crippen molar-refractivity contribution < 1.29 is 14.1 Å². The van der Waals surface area contributed by atoms with Crippen molar-refractivity contribution >= 4 is 31.4 Å². The van der Waals surface area contributed by atoms with Crippen LogP contribution >= 0.6 is 11.6 Å². The molecule has 1 unspecified atom stereocenters. The maximum atomic E-state index is 11.0. The van der Waals surface area contributed by atoms with Crippen LogP contribution in [0.4, 0.5) is 0 Å². The van der Waals surface area contributed by atoms with Crippen LogP contribution in [-0.4, -0.2) is 32.0 Å². The lowest BCUT2D eigenvalue weighted by atomic mass is 10.1. The first-order valence-electron chi connectivity index (χ1n) is 5.56. The monoisotopic (exact) mass is 276 g/mol. The predicted molar refractivity (Wildman–Crippen MR) is 70.6 cm³/mol. The van der Waals surface area contributed by atoms with E-state index in [0.717, 1.165) is 0 Å². The summed E-state index contributed by atoms with van der Waals surface area (Å²) in [5.41, 5.74) is -1.15. The lowest BCUT2D eigenvalue weighted by Crippen LogP contribution is -2.47. The van der Waals surface area contributed by atoms with Crippen molar-refractivity contribution in [3.63, 3.8) is 0 Å². The van der Waals surface area contributed by atoms with Crippen molar-refractivity contribution in [3.05, 3.63) is 0 Å². The van der Waals surface area contributed by atoms with Gasteiger partial charge in [-0.1, -0.05) is 37.5 Å². The van der Waals surface area contributed by atoms with E-state index >= 15 is 0 Å². The molecule has 1 heterocycles. The number of hydrogen-bond donors (Lipinski definition) is 0. The standard InChI is InChI=1S/C11H19ClNO3Si/c1-10(2,3)17(4,5)15-8-11(7-14)6-9(12)13-16-11/h6,8H2,1-5H3. The highest BCUT2D eigenvalue weighted by Crippen LogP contribution is 2.37. The first-order chi connectivity index (χ1) is 7.62. The van der Waals surface area contributed by atoms with Gasteiger partial charge in [-0.3, -0.25) is 4.79 Å². The average molecular weight is 277 g/mol. The molecule has 1 atom stereocenters. The molecule has 0 saturated carbocycles. The molecule has 0 N–H and O–H groups in total. The van der Waals surface area contributed by atoms with Gasteiger partial charge in [0.15, 0.2) is 8.32 Å². The first kappa shape index (κ1) is 14.7. The highest BCUT2D eigenvalue weighted by atomic mass is 35.5. The van der Waals surface area contributed by atoms with Crippen LogP contribution < -0.4 is 0 Å². The number of hydrogen-bond acceptors (Lipinski definition) is 4. The third kappa shape index (κ3) is 3.30. The molecule has 1 rings (SSSR count). The van der Waals surface area contributed by atoms with E-state index in [0.29, 0.717) is 0 Å². The number of halogens is 1. The molecule has 0 amide bonds. The molecule has 0 saturated heterocycles. The zero-order valence-electron chi connectivity index (χ0n) is 11.0. The summed E-state index contributed by atoms with van der Waals surface area (Å²) in [7, 11) is -1.91. The van der Waals surface area contributed by atoms with Crippen LogP contribution in [0.15, 0.2) is 5.16 Å². The minimum absolute atomic E-state index is 0.0837. The summed E-state index contributed by atoms with van der Waals surface area (Å²) in [5, 5.41) is 3.95. The van der Waals surface area contributed by atoms with Crippen LogP contribution in [0.5, 0.6) is 0 Å². The van der Waals surface area contributed by atoms with Crippen LogP contribution in [0, 0.1) is 0 Å². The molecule has 17 heavy (non-hydrogen) atoms. The Kier molecular flexibility index (Phi) is 4.06. The fourth-order valence-electron chi connectivity index (χ4n) is 1.11.